The zero-order valence-corrected chi connectivity index (χ0v) is 16.0. The van der Waals surface area contributed by atoms with Gasteiger partial charge in [0.2, 0.25) is 0 Å². The highest BCUT2D eigenvalue weighted by Crippen LogP contribution is 2.32. The van der Waals surface area contributed by atoms with Crippen molar-refractivity contribution in [3.05, 3.63) is 88.1 Å². The lowest BCUT2D eigenvalue weighted by molar-refractivity contribution is -0.195. The van der Waals surface area contributed by atoms with E-state index in [9.17, 15) is 14.4 Å². The van der Waals surface area contributed by atoms with E-state index in [4.69, 9.17) is 30.6 Å². The second kappa shape index (κ2) is 7.88. The molecule has 0 unspecified atom stereocenters. The molecule has 8 heteroatoms. The number of halogens is 1. The van der Waals surface area contributed by atoms with Crippen molar-refractivity contribution >= 4 is 35.6 Å². The van der Waals surface area contributed by atoms with Gasteiger partial charge in [-0.1, -0.05) is 41.9 Å². The van der Waals surface area contributed by atoms with Gasteiger partial charge in [0.05, 0.1) is 10.6 Å². The Balaban J connectivity index is 1.59. The van der Waals surface area contributed by atoms with E-state index in [2.05, 4.69) is 0 Å². The summed E-state index contributed by atoms with van der Waals surface area (Å²) in [7, 11) is 0. The predicted molar refractivity (Wildman–Crippen MR) is 105 cm³/mol. The maximum absolute atomic E-state index is 12.3. The molecule has 4 rings (SSSR count). The summed E-state index contributed by atoms with van der Waals surface area (Å²) in [5.74, 6) is -2.35. The van der Waals surface area contributed by atoms with Gasteiger partial charge in [-0.05, 0) is 30.3 Å². The Morgan fingerprint density at radius 3 is 2.33 bits per heavy atom. The molecule has 3 aromatic rings. The Kier molecular flexibility index (Phi) is 5.12. The lowest BCUT2D eigenvalue weighted by atomic mass is 10.1. The quantitative estimate of drug-likeness (QED) is 0.374. The van der Waals surface area contributed by atoms with Gasteiger partial charge in [0.15, 0.2) is 0 Å². The fourth-order valence-corrected chi connectivity index (χ4v) is 3.07. The fourth-order valence-electron chi connectivity index (χ4n) is 2.86. The minimum Gasteiger partial charge on any atom is -0.478 e. The number of cyclic esters (lactones) is 2. The van der Waals surface area contributed by atoms with Crippen molar-refractivity contribution in [1.82, 2.24) is 0 Å². The first-order chi connectivity index (χ1) is 14.4. The summed E-state index contributed by atoms with van der Waals surface area (Å²) in [5.41, 5.74) is 0.608. The zero-order chi connectivity index (χ0) is 21.3. The first kappa shape index (κ1) is 19.5. The average Bonchev–Trinajstić information content (AvgIpc) is 3.20. The monoisotopic (exact) mass is 424 g/mol. The summed E-state index contributed by atoms with van der Waals surface area (Å²) in [5, 5.41) is 9.43. The summed E-state index contributed by atoms with van der Waals surface area (Å²) < 4.78 is 16.0. The highest BCUT2D eigenvalue weighted by Gasteiger charge is 2.34. The summed E-state index contributed by atoms with van der Waals surface area (Å²) in [6.45, 7) is 0. The van der Waals surface area contributed by atoms with Gasteiger partial charge >= 0.3 is 17.9 Å². The molecular formula is C22H13ClO7. The van der Waals surface area contributed by atoms with Crippen molar-refractivity contribution in [3.63, 3.8) is 0 Å². The Labute approximate surface area is 175 Å². The molecular weight excluding hydrogens is 412 g/mol. The molecule has 0 radical (unpaired) electrons. The van der Waals surface area contributed by atoms with Crippen LogP contribution in [0.5, 0.6) is 0 Å². The van der Waals surface area contributed by atoms with Gasteiger partial charge in [-0.25, -0.2) is 14.4 Å². The molecule has 1 saturated heterocycles. The van der Waals surface area contributed by atoms with E-state index in [0.29, 0.717) is 11.1 Å². The van der Waals surface area contributed by atoms with Crippen LogP contribution >= 0.6 is 11.6 Å². The van der Waals surface area contributed by atoms with Crippen molar-refractivity contribution < 1.29 is 33.4 Å². The summed E-state index contributed by atoms with van der Waals surface area (Å²) >= 11 is 6.14. The number of carboxylic acids is 1. The smallest absolute Gasteiger partial charge is 0.349 e. The standard InChI is InChI=1S/C22H13ClO7/c23-17-8-6-13(19(24)25)10-15(17)18-9-7-14(28-18)11-16-20(26)29-22(30-21(16)27)12-4-2-1-3-5-12/h1-11,22H,(H,24,25). The number of furan rings is 1. The van der Waals surface area contributed by atoms with Gasteiger partial charge in [-0.15, -0.1) is 0 Å². The van der Waals surface area contributed by atoms with E-state index in [-0.39, 0.29) is 27.7 Å². The van der Waals surface area contributed by atoms with Crippen LogP contribution in [-0.4, -0.2) is 23.0 Å². The SMILES string of the molecule is O=C1OC(c2ccccc2)OC(=O)C1=Cc1ccc(-c2cc(C(=O)O)ccc2Cl)o1. The maximum Gasteiger partial charge on any atom is 0.349 e. The molecule has 0 saturated carbocycles. The van der Waals surface area contributed by atoms with E-state index in [0.717, 1.165) is 0 Å². The molecule has 1 N–H and O–H groups in total. The minimum atomic E-state index is -1.12. The van der Waals surface area contributed by atoms with Crippen LogP contribution in [0.1, 0.15) is 28.0 Å². The largest absolute Gasteiger partial charge is 0.478 e. The van der Waals surface area contributed by atoms with Gasteiger partial charge < -0.3 is 19.0 Å². The third-order valence-electron chi connectivity index (χ3n) is 4.33. The third kappa shape index (κ3) is 3.83. The lowest BCUT2D eigenvalue weighted by Gasteiger charge is -2.23. The van der Waals surface area contributed by atoms with Crippen LogP contribution < -0.4 is 0 Å². The first-order valence-electron chi connectivity index (χ1n) is 8.74. The number of aromatic carboxylic acids is 1. The molecule has 0 bridgehead atoms. The van der Waals surface area contributed by atoms with Crippen LogP contribution in [0.25, 0.3) is 17.4 Å². The molecule has 0 aliphatic carbocycles. The van der Waals surface area contributed by atoms with Crippen molar-refractivity contribution in [1.29, 1.82) is 0 Å². The number of carboxylic acid groups (broad SMARTS) is 1. The molecule has 2 heterocycles. The maximum atomic E-state index is 12.3. The van der Waals surface area contributed by atoms with Gasteiger partial charge in [0.25, 0.3) is 6.29 Å². The summed E-state index contributed by atoms with van der Waals surface area (Å²) in [6.07, 6.45) is 0.0812. The number of carbonyl (C=O) groups excluding carboxylic acids is 2. The highest BCUT2D eigenvalue weighted by molar-refractivity contribution is 6.33. The normalized spacial score (nSPS) is 16.0. The van der Waals surface area contributed by atoms with Crippen molar-refractivity contribution in [3.8, 4) is 11.3 Å². The van der Waals surface area contributed by atoms with Crippen LogP contribution in [0, 0.1) is 0 Å². The van der Waals surface area contributed by atoms with E-state index in [1.54, 1.807) is 36.4 Å². The van der Waals surface area contributed by atoms with Crippen LogP contribution in [-0.2, 0) is 19.1 Å². The average molecular weight is 425 g/mol. The molecule has 0 amide bonds. The molecule has 1 fully saturated rings. The van der Waals surface area contributed by atoms with Crippen molar-refractivity contribution in [2.45, 2.75) is 6.29 Å². The van der Waals surface area contributed by atoms with Crippen LogP contribution in [0.15, 0.2) is 70.7 Å². The van der Waals surface area contributed by atoms with E-state index < -0.39 is 24.2 Å². The Morgan fingerprint density at radius 1 is 0.967 bits per heavy atom. The summed E-state index contributed by atoms with van der Waals surface area (Å²) in [4.78, 5) is 35.8. The molecule has 0 spiro atoms. The van der Waals surface area contributed by atoms with E-state index >= 15 is 0 Å². The number of hydrogen-bond donors (Lipinski definition) is 1. The number of esters is 2. The zero-order valence-electron chi connectivity index (χ0n) is 15.2. The van der Waals surface area contributed by atoms with Gasteiger partial charge in [-0.2, -0.15) is 0 Å². The molecule has 1 aromatic heterocycles. The van der Waals surface area contributed by atoms with Crippen LogP contribution in [0.4, 0.5) is 0 Å². The lowest BCUT2D eigenvalue weighted by Crippen LogP contribution is -2.29. The molecule has 1 aliphatic rings. The number of ether oxygens (including phenoxy) is 2. The second-order valence-electron chi connectivity index (χ2n) is 6.31. The molecule has 150 valence electrons. The van der Waals surface area contributed by atoms with Crippen molar-refractivity contribution in [2.24, 2.45) is 0 Å². The van der Waals surface area contributed by atoms with Gasteiger partial charge in [0, 0.05) is 17.2 Å². The Morgan fingerprint density at radius 2 is 1.67 bits per heavy atom. The first-order valence-corrected chi connectivity index (χ1v) is 9.12. The number of benzene rings is 2. The molecule has 1 aliphatic heterocycles. The Bertz CT molecular complexity index is 1160. The van der Waals surface area contributed by atoms with Crippen LogP contribution in [0.2, 0.25) is 5.02 Å². The second-order valence-corrected chi connectivity index (χ2v) is 6.72. The number of rotatable bonds is 4. The topological polar surface area (TPSA) is 103 Å². The van der Waals surface area contributed by atoms with E-state index in [1.807, 2.05) is 0 Å². The van der Waals surface area contributed by atoms with Crippen LogP contribution in [0.3, 0.4) is 0 Å². The molecule has 2 aromatic carbocycles. The fraction of sp³-hybridized carbons (Fsp3) is 0.0455. The van der Waals surface area contributed by atoms with E-state index in [1.165, 1.54) is 30.3 Å². The molecule has 30 heavy (non-hydrogen) atoms. The Hall–Kier alpha value is -3.84. The van der Waals surface area contributed by atoms with Gasteiger partial charge in [-0.3, -0.25) is 0 Å². The molecule has 0 atom stereocenters. The summed E-state index contributed by atoms with van der Waals surface area (Å²) in [6, 6.07) is 15.8. The number of hydrogen-bond acceptors (Lipinski definition) is 6. The molecule has 7 nitrogen and oxygen atoms in total. The van der Waals surface area contributed by atoms with Crippen molar-refractivity contribution in [2.75, 3.05) is 0 Å². The third-order valence-corrected chi connectivity index (χ3v) is 4.66. The van der Waals surface area contributed by atoms with Gasteiger partial charge in [0.1, 0.15) is 17.1 Å². The highest BCUT2D eigenvalue weighted by atomic mass is 35.5. The minimum absolute atomic E-state index is 0.0390. The number of carbonyl (C=O) groups is 3. The predicted octanol–water partition coefficient (Wildman–Crippen LogP) is 4.48.